The summed E-state index contributed by atoms with van der Waals surface area (Å²) in [7, 11) is 6.42. The van der Waals surface area contributed by atoms with Gasteiger partial charge in [0.15, 0.2) is 0 Å². The second kappa shape index (κ2) is 8.83. The molecule has 0 spiro atoms. The van der Waals surface area contributed by atoms with E-state index in [1.54, 1.807) is 0 Å². The van der Waals surface area contributed by atoms with E-state index in [1.165, 1.54) is 22.6 Å². The Morgan fingerprint density at radius 3 is 2.52 bits per heavy atom. The number of para-hydroxylation sites is 1. The van der Waals surface area contributed by atoms with Crippen LogP contribution in [0.3, 0.4) is 0 Å². The van der Waals surface area contributed by atoms with Gasteiger partial charge in [-0.2, -0.15) is 0 Å². The Morgan fingerprint density at radius 2 is 1.83 bits per heavy atom. The number of nitrogens with one attached hydrogen (secondary N) is 3. The number of fused-ring (bicyclic) bond motifs is 1. The van der Waals surface area contributed by atoms with Crippen LogP contribution in [0.1, 0.15) is 47.1 Å². The first-order valence-electron chi connectivity index (χ1n) is 10.4. The Bertz CT molecular complexity index is 816. The Labute approximate surface area is 177 Å². The number of hydrogen-bond donors (Lipinski definition) is 3. The van der Waals surface area contributed by atoms with Crippen LogP contribution >= 0.6 is 11.3 Å². The van der Waals surface area contributed by atoms with Gasteiger partial charge in [0.1, 0.15) is 6.29 Å². The first kappa shape index (κ1) is 20.3. The molecule has 156 valence electrons. The summed E-state index contributed by atoms with van der Waals surface area (Å²) < 4.78 is 0. The largest absolute Gasteiger partial charge is 0.357 e. The zero-order valence-corrected chi connectivity index (χ0v) is 18.2. The second-order valence-electron chi connectivity index (χ2n) is 8.30. The van der Waals surface area contributed by atoms with Gasteiger partial charge in [-0.25, -0.2) is 0 Å². The quantitative estimate of drug-likeness (QED) is 0.702. The van der Waals surface area contributed by atoms with Crippen LogP contribution in [0, 0.1) is 0 Å². The number of carbonyl (C=O) groups is 1. The minimum atomic E-state index is 0.0653. The normalized spacial score (nSPS) is 27.3. The molecule has 29 heavy (non-hydrogen) atoms. The summed E-state index contributed by atoms with van der Waals surface area (Å²) in [5.74, 6) is 0.0653. The maximum absolute atomic E-state index is 12.3. The SMILES string of the molecule is CN(C)C1c2ccccc2NC(NC2CCC(NC(=O)c3cccs3)CC2)N1C. The lowest BCUT2D eigenvalue weighted by molar-refractivity contribution is 0.0454. The highest BCUT2D eigenvalue weighted by molar-refractivity contribution is 7.12. The third-order valence-electron chi connectivity index (χ3n) is 6.01. The van der Waals surface area contributed by atoms with E-state index >= 15 is 0 Å². The number of benzene rings is 1. The van der Waals surface area contributed by atoms with E-state index in [0.717, 1.165) is 30.6 Å². The Hall–Kier alpha value is -1.93. The van der Waals surface area contributed by atoms with Crippen LogP contribution < -0.4 is 16.0 Å². The molecule has 2 heterocycles. The molecule has 1 fully saturated rings. The van der Waals surface area contributed by atoms with Gasteiger partial charge < -0.3 is 10.6 Å². The van der Waals surface area contributed by atoms with Gasteiger partial charge in [0.2, 0.25) is 0 Å². The van der Waals surface area contributed by atoms with Gasteiger partial charge in [0.05, 0.1) is 11.0 Å². The molecule has 2 aliphatic rings. The van der Waals surface area contributed by atoms with E-state index in [-0.39, 0.29) is 24.4 Å². The Morgan fingerprint density at radius 1 is 1.10 bits per heavy atom. The number of hydrogen-bond acceptors (Lipinski definition) is 6. The zero-order chi connectivity index (χ0) is 20.4. The minimum Gasteiger partial charge on any atom is -0.357 e. The number of anilines is 1. The summed E-state index contributed by atoms with van der Waals surface area (Å²) >= 11 is 1.50. The first-order valence-corrected chi connectivity index (χ1v) is 11.2. The van der Waals surface area contributed by atoms with Gasteiger partial charge in [-0.1, -0.05) is 24.3 Å². The number of rotatable bonds is 5. The summed E-state index contributed by atoms with van der Waals surface area (Å²) in [6.45, 7) is 0. The van der Waals surface area contributed by atoms with Crippen molar-refractivity contribution in [3.63, 3.8) is 0 Å². The van der Waals surface area contributed by atoms with Crippen LogP contribution in [-0.4, -0.2) is 55.2 Å². The minimum absolute atomic E-state index is 0.0653. The van der Waals surface area contributed by atoms with Gasteiger partial charge in [-0.05, 0) is 64.3 Å². The molecule has 1 amide bonds. The third-order valence-corrected chi connectivity index (χ3v) is 6.88. The van der Waals surface area contributed by atoms with Gasteiger partial charge in [-0.15, -0.1) is 11.3 Å². The molecule has 2 aromatic rings. The molecule has 1 aliphatic heterocycles. The van der Waals surface area contributed by atoms with Gasteiger partial charge >= 0.3 is 0 Å². The molecule has 3 N–H and O–H groups in total. The highest BCUT2D eigenvalue weighted by Crippen LogP contribution is 2.34. The fraction of sp³-hybridized carbons (Fsp3) is 0.500. The first-order chi connectivity index (χ1) is 14.0. The van der Waals surface area contributed by atoms with Crippen molar-refractivity contribution in [2.24, 2.45) is 0 Å². The van der Waals surface area contributed by atoms with Crippen LogP contribution in [0.15, 0.2) is 41.8 Å². The highest BCUT2D eigenvalue weighted by atomic mass is 32.1. The monoisotopic (exact) mass is 413 g/mol. The number of amides is 1. The zero-order valence-electron chi connectivity index (χ0n) is 17.4. The standard InChI is InChI=1S/C22H31N5OS/c1-26(2)21-17-7-4-5-8-18(17)25-22(27(21)3)24-16-12-10-15(11-13-16)23-20(28)19-9-6-14-29-19/h4-9,14-16,21-22,24-25H,10-13H2,1-3H3,(H,23,28). The fourth-order valence-electron chi connectivity index (χ4n) is 4.56. The molecule has 2 unspecified atom stereocenters. The van der Waals surface area contributed by atoms with Crippen molar-refractivity contribution in [1.82, 2.24) is 20.4 Å². The van der Waals surface area contributed by atoms with Crippen molar-refractivity contribution in [2.45, 2.75) is 50.2 Å². The van der Waals surface area contributed by atoms with Crippen LogP contribution in [0.4, 0.5) is 5.69 Å². The van der Waals surface area contributed by atoms with Gasteiger partial charge in [0.25, 0.3) is 5.91 Å². The molecule has 4 rings (SSSR count). The van der Waals surface area contributed by atoms with Gasteiger partial charge in [0, 0.05) is 23.3 Å². The van der Waals surface area contributed by atoms with E-state index in [2.05, 4.69) is 71.2 Å². The van der Waals surface area contributed by atoms with Crippen LogP contribution in [0.25, 0.3) is 0 Å². The lowest BCUT2D eigenvalue weighted by Gasteiger charge is -2.46. The molecule has 2 atom stereocenters. The summed E-state index contributed by atoms with van der Waals surface area (Å²) in [5.41, 5.74) is 2.50. The van der Waals surface area contributed by atoms with Crippen molar-refractivity contribution in [2.75, 3.05) is 26.5 Å². The van der Waals surface area contributed by atoms with E-state index in [9.17, 15) is 4.79 Å². The lowest BCUT2D eigenvalue weighted by atomic mass is 9.91. The average molecular weight is 414 g/mol. The number of thiophene rings is 1. The van der Waals surface area contributed by atoms with E-state index in [1.807, 2.05) is 17.5 Å². The van der Waals surface area contributed by atoms with Crippen molar-refractivity contribution in [1.29, 1.82) is 0 Å². The molecule has 0 radical (unpaired) electrons. The predicted molar refractivity (Wildman–Crippen MR) is 119 cm³/mol. The van der Waals surface area contributed by atoms with Crippen molar-refractivity contribution >= 4 is 22.9 Å². The molecular formula is C22H31N5OS. The number of carbonyl (C=O) groups excluding carboxylic acids is 1. The van der Waals surface area contributed by atoms with Crippen LogP contribution in [0.5, 0.6) is 0 Å². The van der Waals surface area contributed by atoms with Gasteiger partial charge in [-0.3, -0.25) is 19.9 Å². The molecule has 1 aromatic carbocycles. The van der Waals surface area contributed by atoms with E-state index < -0.39 is 0 Å². The molecule has 0 saturated heterocycles. The van der Waals surface area contributed by atoms with E-state index in [4.69, 9.17) is 0 Å². The molecule has 0 bridgehead atoms. The number of nitrogens with zero attached hydrogens (tertiary/aromatic N) is 2. The summed E-state index contributed by atoms with van der Waals surface area (Å²) in [6, 6.07) is 13.1. The topological polar surface area (TPSA) is 59.6 Å². The van der Waals surface area contributed by atoms with Crippen LogP contribution in [0.2, 0.25) is 0 Å². The molecule has 7 heteroatoms. The highest BCUT2D eigenvalue weighted by Gasteiger charge is 2.34. The third kappa shape index (κ3) is 4.48. The molecule has 1 saturated carbocycles. The molecule has 1 aromatic heterocycles. The average Bonchev–Trinajstić information content (AvgIpc) is 3.25. The maximum atomic E-state index is 12.3. The summed E-state index contributed by atoms with van der Waals surface area (Å²) in [6.07, 6.45) is 4.47. The summed E-state index contributed by atoms with van der Waals surface area (Å²) in [5, 5.41) is 12.6. The molecule has 1 aliphatic carbocycles. The predicted octanol–water partition coefficient (Wildman–Crippen LogP) is 3.28. The second-order valence-corrected chi connectivity index (χ2v) is 9.25. The smallest absolute Gasteiger partial charge is 0.261 e. The Kier molecular flexibility index (Phi) is 6.20. The lowest BCUT2D eigenvalue weighted by Crippen LogP contribution is -2.59. The molecule has 6 nitrogen and oxygen atoms in total. The van der Waals surface area contributed by atoms with Crippen molar-refractivity contribution in [3.05, 3.63) is 52.2 Å². The van der Waals surface area contributed by atoms with Crippen LogP contribution in [-0.2, 0) is 0 Å². The van der Waals surface area contributed by atoms with Crippen molar-refractivity contribution < 1.29 is 4.79 Å². The van der Waals surface area contributed by atoms with Crippen molar-refractivity contribution in [3.8, 4) is 0 Å². The summed E-state index contributed by atoms with van der Waals surface area (Å²) in [4.78, 5) is 17.7. The molecular weight excluding hydrogens is 382 g/mol. The van der Waals surface area contributed by atoms with E-state index in [0.29, 0.717) is 6.04 Å². The maximum Gasteiger partial charge on any atom is 0.261 e. The fourth-order valence-corrected chi connectivity index (χ4v) is 5.18. The Balaban J connectivity index is 1.34.